The first-order valence-electron chi connectivity index (χ1n) is 5.60. The van der Waals surface area contributed by atoms with Gasteiger partial charge >= 0.3 is 0 Å². The van der Waals surface area contributed by atoms with E-state index in [1.165, 1.54) is 4.88 Å². The fraction of sp³-hybridized carbons (Fsp3) is 0.583. The fourth-order valence-corrected chi connectivity index (χ4v) is 2.90. The molecule has 1 aromatic heterocycles. The zero-order valence-electron chi connectivity index (χ0n) is 9.82. The molecule has 16 heavy (non-hydrogen) atoms. The lowest BCUT2D eigenvalue weighted by Crippen LogP contribution is -2.34. The van der Waals surface area contributed by atoms with Gasteiger partial charge in [0.15, 0.2) is 0 Å². The molecule has 3 nitrogen and oxygen atoms in total. The van der Waals surface area contributed by atoms with Gasteiger partial charge in [-0.25, -0.2) is 0 Å². The van der Waals surface area contributed by atoms with Crippen LogP contribution in [-0.4, -0.2) is 30.4 Å². The molecule has 1 amide bonds. The van der Waals surface area contributed by atoms with Gasteiger partial charge in [0.1, 0.15) is 0 Å². The number of nitrogens with zero attached hydrogens (tertiary/aromatic N) is 1. The Balaban J connectivity index is 2.08. The van der Waals surface area contributed by atoms with E-state index < -0.39 is 0 Å². The van der Waals surface area contributed by atoms with Gasteiger partial charge < -0.3 is 10.6 Å². The average molecular weight is 238 g/mol. The maximum Gasteiger partial charge on any atom is 0.263 e. The summed E-state index contributed by atoms with van der Waals surface area (Å²) < 4.78 is 0. The highest BCUT2D eigenvalue weighted by Crippen LogP contribution is 2.30. The number of hydrogen-bond donors (Lipinski definition) is 1. The van der Waals surface area contributed by atoms with Crippen LogP contribution in [0.1, 0.15) is 27.9 Å². The third-order valence-corrected chi connectivity index (χ3v) is 4.28. The van der Waals surface area contributed by atoms with Gasteiger partial charge in [-0.3, -0.25) is 4.79 Å². The third-order valence-electron chi connectivity index (χ3n) is 3.29. The molecule has 1 aliphatic rings. The predicted octanol–water partition coefficient (Wildman–Crippen LogP) is 1.87. The van der Waals surface area contributed by atoms with Crippen LogP contribution in [0.3, 0.4) is 0 Å². The summed E-state index contributed by atoms with van der Waals surface area (Å²) in [5.41, 5.74) is 5.85. The van der Waals surface area contributed by atoms with Crippen LogP contribution >= 0.6 is 11.3 Å². The average Bonchev–Trinajstić information content (AvgIpc) is 2.85. The van der Waals surface area contributed by atoms with Crippen LogP contribution in [0.15, 0.2) is 12.1 Å². The Hall–Kier alpha value is -0.870. The summed E-state index contributed by atoms with van der Waals surface area (Å²) in [5, 5.41) is 0. The van der Waals surface area contributed by atoms with Gasteiger partial charge in [-0.2, -0.15) is 0 Å². The molecule has 1 fully saturated rings. The number of carbonyl (C=O) groups excluding carboxylic acids is 1. The largest absolute Gasteiger partial charge is 0.337 e. The minimum atomic E-state index is 0.113. The van der Waals surface area contributed by atoms with Crippen LogP contribution in [-0.2, 0) is 0 Å². The van der Waals surface area contributed by atoms with Gasteiger partial charge in [-0.15, -0.1) is 11.3 Å². The highest BCUT2D eigenvalue weighted by Gasteiger charge is 2.35. The summed E-state index contributed by atoms with van der Waals surface area (Å²) in [4.78, 5) is 16.1. The molecule has 2 rings (SSSR count). The van der Waals surface area contributed by atoms with Crippen molar-refractivity contribution in [2.75, 3.05) is 19.6 Å². The molecule has 0 aliphatic carbocycles. The molecule has 1 atom stereocenters. The van der Waals surface area contributed by atoms with Crippen molar-refractivity contribution in [2.45, 2.75) is 20.3 Å². The van der Waals surface area contributed by atoms with Gasteiger partial charge in [-0.05, 0) is 37.4 Å². The number of carbonyl (C=O) groups is 1. The lowest BCUT2D eigenvalue weighted by atomic mass is 9.90. The van der Waals surface area contributed by atoms with E-state index in [1.54, 1.807) is 11.3 Å². The normalized spacial score (nSPS) is 25.1. The molecule has 2 N–H and O–H groups in total. The van der Waals surface area contributed by atoms with Crippen molar-refractivity contribution in [3.63, 3.8) is 0 Å². The Labute approximate surface area is 100 Å². The maximum absolute atomic E-state index is 12.2. The summed E-state index contributed by atoms with van der Waals surface area (Å²) in [6.07, 6.45) is 1.01. The number of thiophene rings is 1. The van der Waals surface area contributed by atoms with Crippen LogP contribution in [0.25, 0.3) is 0 Å². The molecule has 88 valence electrons. The van der Waals surface area contributed by atoms with E-state index in [0.29, 0.717) is 6.54 Å². The Morgan fingerprint density at radius 2 is 2.38 bits per heavy atom. The zero-order valence-corrected chi connectivity index (χ0v) is 10.6. The number of amides is 1. The summed E-state index contributed by atoms with van der Waals surface area (Å²) in [7, 11) is 0. The molecule has 1 saturated heterocycles. The summed E-state index contributed by atoms with van der Waals surface area (Å²) in [5.74, 6) is 0.162. The second kappa shape index (κ2) is 4.18. The van der Waals surface area contributed by atoms with Gasteiger partial charge in [0.2, 0.25) is 0 Å². The highest BCUT2D eigenvalue weighted by atomic mass is 32.1. The molecule has 0 saturated carbocycles. The van der Waals surface area contributed by atoms with Gasteiger partial charge in [0, 0.05) is 18.0 Å². The van der Waals surface area contributed by atoms with E-state index in [2.05, 4.69) is 6.92 Å². The van der Waals surface area contributed by atoms with Gasteiger partial charge in [0.25, 0.3) is 5.91 Å². The topological polar surface area (TPSA) is 46.3 Å². The molecule has 1 aliphatic heterocycles. The van der Waals surface area contributed by atoms with Crippen molar-refractivity contribution in [1.29, 1.82) is 0 Å². The zero-order chi connectivity index (χ0) is 11.8. The van der Waals surface area contributed by atoms with E-state index in [-0.39, 0.29) is 11.3 Å². The summed E-state index contributed by atoms with van der Waals surface area (Å²) >= 11 is 1.57. The van der Waals surface area contributed by atoms with Crippen LogP contribution in [0.5, 0.6) is 0 Å². The van der Waals surface area contributed by atoms with Crippen molar-refractivity contribution in [1.82, 2.24) is 4.90 Å². The van der Waals surface area contributed by atoms with Gasteiger partial charge in [-0.1, -0.05) is 6.92 Å². The van der Waals surface area contributed by atoms with Crippen molar-refractivity contribution < 1.29 is 4.79 Å². The molecule has 0 radical (unpaired) electrons. The van der Waals surface area contributed by atoms with Crippen molar-refractivity contribution >= 4 is 17.2 Å². The molecule has 0 spiro atoms. The van der Waals surface area contributed by atoms with E-state index in [4.69, 9.17) is 5.73 Å². The minimum absolute atomic E-state index is 0.113. The number of nitrogens with two attached hydrogens (primary N) is 1. The lowest BCUT2D eigenvalue weighted by Gasteiger charge is -2.22. The molecule has 0 bridgehead atoms. The first-order chi connectivity index (χ1) is 7.54. The van der Waals surface area contributed by atoms with E-state index >= 15 is 0 Å². The quantitative estimate of drug-likeness (QED) is 0.855. The molecular formula is C12H18N2OS. The Morgan fingerprint density at radius 3 is 2.88 bits per heavy atom. The smallest absolute Gasteiger partial charge is 0.263 e. The molecule has 1 aromatic rings. The molecule has 4 heteroatoms. The molecule has 2 heterocycles. The van der Waals surface area contributed by atoms with Gasteiger partial charge in [0.05, 0.1) is 4.88 Å². The standard InChI is InChI=1S/C12H18N2OS/c1-9-3-4-10(16-9)11(15)14-6-5-12(2,7-13)8-14/h3-4H,5-8,13H2,1-2H3. The maximum atomic E-state index is 12.2. The second-order valence-electron chi connectivity index (χ2n) is 4.90. The number of rotatable bonds is 2. The van der Waals surface area contributed by atoms with Crippen molar-refractivity contribution in [3.8, 4) is 0 Å². The monoisotopic (exact) mass is 238 g/mol. The molecule has 1 unspecified atom stereocenters. The predicted molar refractivity (Wildman–Crippen MR) is 66.7 cm³/mol. The lowest BCUT2D eigenvalue weighted by molar-refractivity contribution is 0.0781. The molecular weight excluding hydrogens is 220 g/mol. The van der Waals surface area contributed by atoms with E-state index in [1.807, 2.05) is 24.0 Å². The van der Waals surface area contributed by atoms with Crippen molar-refractivity contribution in [3.05, 3.63) is 21.9 Å². The van der Waals surface area contributed by atoms with E-state index in [9.17, 15) is 4.79 Å². The number of aryl methyl sites for hydroxylation is 1. The van der Waals surface area contributed by atoms with Crippen LogP contribution in [0, 0.1) is 12.3 Å². The molecule has 0 aromatic carbocycles. The summed E-state index contributed by atoms with van der Waals surface area (Å²) in [6, 6.07) is 3.91. The van der Waals surface area contributed by atoms with Crippen LogP contribution in [0.2, 0.25) is 0 Å². The fourth-order valence-electron chi connectivity index (χ4n) is 2.07. The third kappa shape index (κ3) is 2.13. The number of hydrogen-bond acceptors (Lipinski definition) is 3. The Bertz CT molecular complexity index is 401. The Morgan fingerprint density at radius 1 is 1.62 bits per heavy atom. The van der Waals surface area contributed by atoms with Crippen LogP contribution < -0.4 is 5.73 Å². The Kier molecular flexibility index (Phi) is 3.04. The highest BCUT2D eigenvalue weighted by molar-refractivity contribution is 7.13. The first-order valence-corrected chi connectivity index (χ1v) is 6.41. The first kappa shape index (κ1) is 11.6. The second-order valence-corrected chi connectivity index (χ2v) is 6.19. The summed E-state index contributed by atoms with van der Waals surface area (Å²) in [6.45, 7) is 6.46. The van der Waals surface area contributed by atoms with Crippen LogP contribution in [0.4, 0.5) is 0 Å². The SMILES string of the molecule is Cc1ccc(C(=O)N2CCC(C)(CN)C2)s1. The minimum Gasteiger partial charge on any atom is -0.337 e. The number of likely N-dealkylation sites (tertiary alicyclic amines) is 1. The van der Waals surface area contributed by atoms with E-state index in [0.717, 1.165) is 24.4 Å². The van der Waals surface area contributed by atoms with Crippen molar-refractivity contribution in [2.24, 2.45) is 11.1 Å².